The minimum absolute atomic E-state index is 0.0630. The molecule has 2 rings (SSSR count). The van der Waals surface area contributed by atoms with Crippen molar-refractivity contribution in [2.45, 2.75) is 40.3 Å². The number of carbonyl (C=O) groups excluding carboxylic acids is 1. The third-order valence-electron chi connectivity index (χ3n) is 3.54. The minimum atomic E-state index is -2.87. The van der Waals surface area contributed by atoms with E-state index in [0.717, 1.165) is 15.9 Å². The van der Waals surface area contributed by atoms with Crippen LogP contribution in [0.4, 0.5) is 14.5 Å². The number of ether oxygens (including phenoxy) is 1. The molecule has 0 aliphatic heterocycles. The summed E-state index contributed by atoms with van der Waals surface area (Å²) < 4.78 is 31.4. The van der Waals surface area contributed by atoms with Crippen molar-refractivity contribution in [2.75, 3.05) is 5.32 Å². The van der Waals surface area contributed by atoms with Crippen molar-refractivity contribution in [1.29, 1.82) is 0 Å². The first-order valence-electron chi connectivity index (χ1n) is 7.32. The molecule has 5 nitrogen and oxygen atoms in total. The Hall–Kier alpha value is -1.96. The van der Waals surface area contributed by atoms with Gasteiger partial charge in [0.25, 0.3) is 0 Å². The lowest BCUT2D eigenvalue weighted by Crippen LogP contribution is -2.16. The van der Waals surface area contributed by atoms with Crippen molar-refractivity contribution in [3.05, 3.63) is 39.6 Å². The number of nitrogens with zero attached hydrogens (tertiary/aromatic N) is 2. The van der Waals surface area contributed by atoms with Gasteiger partial charge in [0.2, 0.25) is 5.91 Å². The number of benzene rings is 1. The highest BCUT2D eigenvalue weighted by Gasteiger charge is 2.12. The molecule has 0 saturated heterocycles. The van der Waals surface area contributed by atoms with E-state index >= 15 is 0 Å². The highest BCUT2D eigenvalue weighted by atomic mass is 79.9. The molecule has 8 heteroatoms. The molecule has 130 valence electrons. The number of aromatic nitrogens is 2. The van der Waals surface area contributed by atoms with Crippen LogP contribution >= 0.6 is 15.9 Å². The molecular weight excluding hydrogens is 384 g/mol. The summed E-state index contributed by atoms with van der Waals surface area (Å²) in [7, 11) is 0. The average Bonchev–Trinajstić information content (AvgIpc) is 2.74. The molecule has 0 bridgehead atoms. The number of alkyl halides is 2. The second-order valence-electron chi connectivity index (χ2n) is 5.36. The molecule has 0 aliphatic carbocycles. The number of amides is 1. The van der Waals surface area contributed by atoms with E-state index in [-0.39, 0.29) is 18.1 Å². The molecule has 1 aromatic heterocycles. The van der Waals surface area contributed by atoms with Crippen LogP contribution in [0, 0.1) is 20.8 Å². The predicted molar refractivity (Wildman–Crippen MR) is 90.5 cm³/mol. The van der Waals surface area contributed by atoms with Gasteiger partial charge in [0.1, 0.15) is 5.75 Å². The van der Waals surface area contributed by atoms with Crippen LogP contribution in [0.5, 0.6) is 5.75 Å². The molecular formula is C16H18BrF2N3O2. The van der Waals surface area contributed by atoms with Crippen LogP contribution in [-0.4, -0.2) is 22.3 Å². The second kappa shape index (κ2) is 7.74. The molecule has 0 aliphatic rings. The normalized spacial score (nSPS) is 11.0. The molecule has 0 atom stereocenters. The van der Waals surface area contributed by atoms with Gasteiger partial charge in [0, 0.05) is 17.8 Å². The number of aryl methyl sites for hydroxylation is 3. The molecule has 0 unspecified atom stereocenters. The number of carbonyl (C=O) groups is 1. The van der Waals surface area contributed by atoms with Gasteiger partial charge in [-0.1, -0.05) is 0 Å². The average molecular weight is 402 g/mol. The van der Waals surface area contributed by atoms with Crippen LogP contribution < -0.4 is 10.1 Å². The van der Waals surface area contributed by atoms with Gasteiger partial charge in [-0.2, -0.15) is 13.9 Å². The topological polar surface area (TPSA) is 56.1 Å². The number of nitrogens with one attached hydrogen (secondary N) is 1. The third kappa shape index (κ3) is 4.53. The van der Waals surface area contributed by atoms with Gasteiger partial charge in [-0.3, -0.25) is 9.48 Å². The quantitative estimate of drug-likeness (QED) is 0.788. The monoisotopic (exact) mass is 401 g/mol. The smallest absolute Gasteiger partial charge is 0.387 e. The molecule has 1 heterocycles. The lowest BCUT2D eigenvalue weighted by Gasteiger charge is -2.11. The minimum Gasteiger partial charge on any atom is -0.435 e. The summed E-state index contributed by atoms with van der Waals surface area (Å²) in [6.07, 6.45) is 0.253. The van der Waals surface area contributed by atoms with E-state index in [1.807, 2.05) is 13.8 Å². The summed E-state index contributed by atoms with van der Waals surface area (Å²) in [5, 5.41) is 7.11. The Morgan fingerprint density at radius 2 is 2.08 bits per heavy atom. The summed E-state index contributed by atoms with van der Waals surface area (Å²) in [5.74, 6) is -0.114. The fraction of sp³-hybridized carbons (Fsp3) is 0.375. The number of halogens is 3. The Morgan fingerprint density at radius 3 is 2.62 bits per heavy atom. The molecule has 0 saturated carbocycles. The van der Waals surface area contributed by atoms with E-state index in [1.54, 1.807) is 17.7 Å². The van der Waals surface area contributed by atoms with Gasteiger partial charge in [-0.05, 0) is 60.5 Å². The Balaban J connectivity index is 1.96. The van der Waals surface area contributed by atoms with Gasteiger partial charge in [-0.15, -0.1) is 0 Å². The molecule has 0 fully saturated rings. The Kier molecular flexibility index (Phi) is 5.93. The van der Waals surface area contributed by atoms with E-state index < -0.39 is 6.61 Å². The molecule has 2 aromatic rings. The summed E-state index contributed by atoms with van der Waals surface area (Å²) in [6.45, 7) is 3.11. The molecule has 24 heavy (non-hydrogen) atoms. The predicted octanol–water partition coefficient (Wildman–Crippen LogP) is 4.20. The van der Waals surface area contributed by atoms with Crippen molar-refractivity contribution in [2.24, 2.45) is 0 Å². The summed E-state index contributed by atoms with van der Waals surface area (Å²) >= 11 is 3.44. The van der Waals surface area contributed by atoms with E-state index in [2.05, 4.69) is 31.1 Å². The largest absolute Gasteiger partial charge is 0.435 e. The van der Waals surface area contributed by atoms with Crippen molar-refractivity contribution in [3.63, 3.8) is 0 Å². The van der Waals surface area contributed by atoms with Crippen LogP contribution in [0.2, 0.25) is 0 Å². The Morgan fingerprint density at radius 1 is 1.38 bits per heavy atom. The third-order valence-corrected chi connectivity index (χ3v) is 4.69. The van der Waals surface area contributed by atoms with Crippen LogP contribution in [0.1, 0.15) is 23.4 Å². The Labute approximate surface area is 147 Å². The zero-order chi connectivity index (χ0) is 17.9. The van der Waals surface area contributed by atoms with E-state index in [0.29, 0.717) is 17.8 Å². The van der Waals surface area contributed by atoms with Gasteiger partial charge < -0.3 is 10.1 Å². The number of rotatable bonds is 6. The number of hydrogen-bond acceptors (Lipinski definition) is 3. The van der Waals surface area contributed by atoms with E-state index in [1.165, 1.54) is 12.1 Å². The van der Waals surface area contributed by atoms with Gasteiger partial charge in [0.15, 0.2) is 0 Å². The van der Waals surface area contributed by atoms with Crippen molar-refractivity contribution in [3.8, 4) is 5.75 Å². The van der Waals surface area contributed by atoms with E-state index in [4.69, 9.17) is 0 Å². The SMILES string of the molecule is Cc1cc(OC(F)F)ccc1NC(=O)CCn1nc(C)c(Br)c1C. The molecule has 0 spiro atoms. The second-order valence-corrected chi connectivity index (χ2v) is 6.15. The summed E-state index contributed by atoms with van der Waals surface area (Å²) in [5.41, 5.74) is 3.05. The number of hydrogen-bond donors (Lipinski definition) is 1. The van der Waals surface area contributed by atoms with Crippen molar-refractivity contribution in [1.82, 2.24) is 9.78 Å². The fourth-order valence-corrected chi connectivity index (χ4v) is 2.55. The first kappa shape index (κ1) is 18.4. The summed E-state index contributed by atoms with van der Waals surface area (Å²) in [6, 6.07) is 4.40. The fourth-order valence-electron chi connectivity index (χ4n) is 2.27. The molecule has 1 N–H and O–H groups in total. The van der Waals surface area contributed by atoms with Crippen LogP contribution in [-0.2, 0) is 11.3 Å². The highest BCUT2D eigenvalue weighted by molar-refractivity contribution is 9.10. The van der Waals surface area contributed by atoms with Gasteiger partial charge >= 0.3 is 6.61 Å². The first-order chi connectivity index (χ1) is 11.3. The standard InChI is InChI=1S/C16H18BrF2N3O2/c1-9-8-12(24-16(18)19)4-5-13(9)20-14(23)6-7-22-11(3)15(17)10(2)21-22/h4-5,8,16H,6-7H2,1-3H3,(H,20,23). The maximum absolute atomic E-state index is 12.2. The van der Waals surface area contributed by atoms with Crippen LogP contribution in [0.25, 0.3) is 0 Å². The maximum atomic E-state index is 12.2. The highest BCUT2D eigenvalue weighted by Crippen LogP contribution is 2.23. The van der Waals surface area contributed by atoms with E-state index in [9.17, 15) is 13.6 Å². The molecule has 1 aromatic carbocycles. The van der Waals surface area contributed by atoms with Crippen LogP contribution in [0.3, 0.4) is 0 Å². The lowest BCUT2D eigenvalue weighted by atomic mass is 10.2. The van der Waals surface area contributed by atoms with Crippen LogP contribution in [0.15, 0.2) is 22.7 Å². The van der Waals surface area contributed by atoms with Crippen molar-refractivity contribution < 1.29 is 18.3 Å². The zero-order valence-electron chi connectivity index (χ0n) is 13.6. The van der Waals surface area contributed by atoms with Crippen molar-refractivity contribution >= 4 is 27.5 Å². The van der Waals surface area contributed by atoms with Gasteiger partial charge in [0.05, 0.1) is 16.7 Å². The first-order valence-corrected chi connectivity index (χ1v) is 8.12. The number of anilines is 1. The Bertz CT molecular complexity index is 747. The zero-order valence-corrected chi connectivity index (χ0v) is 15.2. The molecule has 0 radical (unpaired) electrons. The molecule has 1 amide bonds. The summed E-state index contributed by atoms with van der Waals surface area (Å²) in [4.78, 5) is 12.1. The lowest BCUT2D eigenvalue weighted by molar-refractivity contribution is -0.116. The maximum Gasteiger partial charge on any atom is 0.387 e. The van der Waals surface area contributed by atoms with Gasteiger partial charge in [-0.25, -0.2) is 0 Å².